The Morgan fingerprint density at radius 1 is 1.41 bits per heavy atom. The van der Waals surface area contributed by atoms with Gasteiger partial charge in [0, 0.05) is 12.6 Å². The predicted octanol–water partition coefficient (Wildman–Crippen LogP) is 2.02. The highest BCUT2D eigenvalue weighted by atomic mass is 16.3. The maximum absolute atomic E-state index is 5.70. The molecule has 1 aromatic rings. The molecule has 1 N–H and O–H groups in total. The van der Waals surface area contributed by atoms with E-state index in [9.17, 15) is 0 Å². The van der Waals surface area contributed by atoms with E-state index in [1.807, 2.05) is 6.92 Å². The zero-order chi connectivity index (χ0) is 11.8. The summed E-state index contributed by atoms with van der Waals surface area (Å²) >= 11 is 0. The van der Waals surface area contributed by atoms with Crippen molar-refractivity contribution in [3.63, 3.8) is 0 Å². The van der Waals surface area contributed by atoms with E-state index >= 15 is 0 Å². The summed E-state index contributed by atoms with van der Waals surface area (Å²) in [6.45, 7) is 8.95. The fraction of sp³-hybridized carbons (Fsp3) is 0.714. The normalized spacial score (nSPS) is 33.2. The van der Waals surface area contributed by atoms with Crippen LogP contribution in [0.5, 0.6) is 0 Å². The van der Waals surface area contributed by atoms with Crippen LogP contribution in [0.15, 0.2) is 16.5 Å². The van der Waals surface area contributed by atoms with Crippen LogP contribution < -0.4 is 5.32 Å². The largest absolute Gasteiger partial charge is 0.465 e. The van der Waals surface area contributed by atoms with Crippen molar-refractivity contribution in [2.45, 2.75) is 32.9 Å². The summed E-state index contributed by atoms with van der Waals surface area (Å²) in [5.41, 5.74) is 0. The van der Waals surface area contributed by atoms with Gasteiger partial charge in [-0.05, 0) is 50.4 Å². The first kappa shape index (κ1) is 11.3. The molecule has 17 heavy (non-hydrogen) atoms. The molecule has 3 nitrogen and oxygen atoms in total. The van der Waals surface area contributed by atoms with Crippen molar-refractivity contribution in [1.29, 1.82) is 0 Å². The Kier molecular flexibility index (Phi) is 2.97. The van der Waals surface area contributed by atoms with Gasteiger partial charge in [-0.2, -0.15) is 0 Å². The van der Waals surface area contributed by atoms with E-state index in [0.29, 0.717) is 0 Å². The maximum Gasteiger partial charge on any atom is 0.118 e. The number of fused-ring (bicyclic) bond motifs is 1. The molecular weight excluding hydrogens is 212 g/mol. The fourth-order valence-electron chi connectivity index (χ4n) is 3.62. The quantitative estimate of drug-likeness (QED) is 0.867. The first-order valence-electron chi connectivity index (χ1n) is 6.78. The topological polar surface area (TPSA) is 28.4 Å². The molecule has 2 fully saturated rings. The van der Waals surface area contributed by atoms with Gasteiger partial charge >= 0.3 is 0 Å². The lowest BCUT2D eigenvalue weighted by molar-refractivity contribution is 0.194. The van der Waals surface area contributed by atoms with Crippen molar-refractivity contribution in [2.24, 2.45) is 11.8 Å². The van der Waals surface area contributed by atoms with Crippen LogP contribution in [0, 0.1) is 18.8 Å². The van der Waals surface area contributed by atoms with Crippen molar-refractivity contribution in [3.05, 3.63) is 23.7 Å². The molecule has 0 amide bonds. The zero-order valence-electron chi connectivity index (χ0n) is 10.8. The Bertz CT molecular complexity index is 387. The number of nitrogens with one attached hydrogen (secondary N) is 1. The van der Waals surface area contributed by atoms with Gasteiger partial charge < -0.3 is 9.73 Å². The first-order chi connectivity index (χ1) is 8.28. The molecule has 3 unspecified atom stereocenters. The molecule has 2 aliphatic heterocycles. The van der Waals surface area contributed by atoms with Crippen LogP contribution in [-0.4, -0.2) is 30.6 Å². The van der Waals surface area contributed by atoms with Crippen LogP contribution in [0.3, 0.4) is 0 Å². The summed E-state index contributed by atoms with van der Waals surface area (Å²) in [6.07, 6.45) is 1.25. The number of hydrogen-bond acceptors (Lipinski definition) is 3. The molecule has 0 bridgehead atoms. The second kappa shape index (κ2) is 4.46. The molecular formula is C14H22N2O. The third-order valence-electron chi connectivity index (χ3n) is 4.40. The second-order valence-corrected chi connectivity index (χ2v) is 5.50. The fourth-order valence-corrected chi connectivity index (χ4v) is 3.62. The van der Waals surface area contributed by atoms with Crippen molar-refractivity contribution < 1.29 is 4.42 Å². The Labute approximate surface area is 103 Å². The lowest BCUT2D eigenvalue weighted by Crippen LogP contribution is -2.34. The Morgan fingerprint density at radius 3 is 3.00 bits per heavy atom. The van der Waals surface area contributed by atoms with Gasteiger partial charge in [0.05, 0.1) is 6.54 Å². The van der Waals surface area contributed by atoms with Gasteiger partial charge in [-0.25, -0.2) is 0 Å². The summed E-state index contributed by atoms with van der Waals surface area (Å²) in [6, 6.07) is 4.92. The average Bonchev–Trinajstić information content (AvgIpc) is 2.95. The van der Waals surface area contributed by atoms with Gasteiger partial charge in [-0.1, -0.05) is 6.92 Å². The number of nitrogens with zero attached hydrogens (tertiary/aromatic N) is 1. The van der Waals surface area contributed by atoms with Gasteiger partial charge in [0.25, 0.3) is 0 Å². The van der Waals surface area contributed by atoms with E-state index in [1.165, 1.54) is 26.1 Å². The van der Waals surface area contributed by atoms with E-state index in [0.717, 1.165) is 35.9 Å². The molecule has 0 aliphatic carbocycles. The van der Waals surface area contributed by atoms with Gasteiger partial charge in [-0.15, -0.1) is 0 Å². The smallest absolute Gasteiger partial charge is 0.118 e. The molecule has 3 heteroatoms. The van der Waals surface area contributed by atoms with Gasteiger partial charge in [-0.3, -0.25) is 4.90 Å². The molecule has 3 heterocycles. The number of hydrogen-bond donors (Lipinski definition) is 1. The van der Waals surface area contributed by atoms with Crippen molar-refractivity contribution in [1.82, 2.24) is 10.2 Å². The molecule has 2 saturated heterocycles. The Balaban J connectivity index is 1.71. The number of furan rings is 1. The molecule has 3 atom stereocenters. The van der Waals surface area contributed by atoms with E-state index in [4.69, 9.17) is 4.42 Å². The van der Waals surface area contributed by atoms with Crippen LogP contribution in [0.25, 0.3) is 0 Å². The molecule has 0 aromatic carbocycles. The number of likely N-dealkylation sites (tertiary alicyclic amines) is 1. The SMILES string of the molecule is CCC1C2CNCC2CN1Cc1ccc(C)o1. The van der Waals surface area contributed by atoms with Crippen LogP contribution in [0.2, 0.25) is 0 Å². The first-order valence-corrected chi connectivity index (χ1v) is 6.78. The summed E-state index contributed by atoms with van der Waals surface area (Å²) < 4.78 is 5.70. The summed E-state index contributed by atoms with van der Waals surface area (Å²) in [5, 5.41) is 3.53. The lowest BCUT2D eigenvalue weighted by Gasteiger charge is -2.25. The van der Waals surface area contributed by atoms with Crippen LogP contribution in [0.1, 0.15) is 24.9 Å². The number of aryl methyl sites for hydroxylation is 1. The van der Waals surface area contributed by atoms with Crippen molar-refractivity contribution >= 4 is 0 Å². The van der Waals surface area contributed by atoms with Crippen LogP contribution in [0.4, 0.5) is 0 Å². The summed E-state index contributed by atoms with van der Waals surface area (Å²) in [5.74, 6) is 3.86. The molecule has 0 radical (unpaired) electrons. The standard InChI is InChI=1S/C14H22N2O/c1-3-14-13-7-15-6-11(13)8-16(14)9-12-5-4-10(2)17-12/h4-5,11,13-15H,3,6-9H2,1-2H3. The molecule has 1 aromatic heterocycles. The van der Waals surface area contributed by atoms with Crippen LogP contribution >= 0.6 is 0 Å². The summed E-state index contributed by atoms with van der Waals surface area (Å²) in [7, 11) is 0. The van der Waals surface area contributed by atoms with Gasteiger partial charge in [0.15, 0.2) is 0 Å². The molecule has 94 valence electrons. The molecule has 3 rings (SSSR count). The molecule has 2 aliphatic rings. The van der Waals surface area contributed by atoms with Gasteiger partial charge in [0.2, 0.25) is 0 Å². The monoisotopic (exact) mass is 234 g/mol. The number of rotatable bonds is 3. The van der Waals surface area contributed by atoms with Crippen molar-refractivity contribution in [3.8, 4) is 0 Å². The minimum Gasteiger partial charge on any atom is -0.465 e. The predicted molar refractivity (Wildman–Crippen MR) is 67.8 cm³/mol. The Morgan fingerprint density at radius 2 is 2.29 bits per heavy atom. The molecule has 0 spiro atoms. The highest BCUT2D eigenvalue weighted by molar-refractivity contribution is 5.07. The highest BCUT2D eigenvalue weighted by Crippen LogP contribution is 2.35. The highest BCUT2D eigenvalue weighted by Gasteiger charge is 2.43. The van der Waals surface area contributed by atoms with E-state index in [-0.39, 0.29) is 0 Å². The van der Waals surface area contributed by atoms with Gasteiger partial charge in [0.1, 0.15) is 11.5 Å². The van der Waals surface area contributed by atoms with Crippen molar-refractivity contribution in [2.75, 3.05) is 19.6 Å². The van der Waals surface area contributed by atoms with E-state index < -0.39 is 0 Å². The minimum atomic E-state index is 0.736. The third-order valence-corrected chi connectivity index (χ3v) is 4.40. The maximum atomic E-state index is 5.70. The van der Waals surface area contributed by atoms with E-state index in [1.54, 1.807) is 0 Å². The summed E-state index contributed by atoms with van der Waals surface area (Å²) in [4.78, 5) is 2.62. The lowest BCUT2D eigenvalue weighted by atomic mass is 9.93. The Hall–Kier alpha value is -0.800. The third kappa shape index (κ3) is 2.02. The average molecular weight is 234 g/mol. The second-order valence-electron chi connectivity index (χ2n) is 5.50. The molecule has 0 saturated carbocycles. The van der Waals surface area contributed by atoms with E-state index in [2.05, 4.69) is 29.3 Å². The van der Waals surface area contributed by atoms with Crippen LogP contribution in [-0.2, 0) is 6.54 Å². The zero-order valence-corrected chi connectivity index (χ0v) is 10.8. The minimum absolute atomic E-state index is 0.736.